The van der Waals surface area contributed by atoms with Gasteiger partial charge in [0.15, 0.2) is 0 Å². The summed E-state index contributed by atoms with van der Waals surface area (Å²) in [6.45, 7) is 6.51. The topological polar surface area (TPSA) is 107 Å². The van der Waals surface area contributed by atoms with E-state index in [0.29, 0.717) is 32.2 Å². The Kier molecular flexibility index (Phi) is 8.35. The van der Waals surface area contributed by atoms with Gasteiger partial charge in [-0.1, -0.05) is 40.0 Å². The van der Waals surface area contributed by atoms with E-state index in [2.05, 4.69) is 26.1 Å². The van der Waals surface area contributed by atoms with E-state index in [1.54, 1.807) is 0 Å². The number of amides is 3. The summed E-state index contributed by atoms with van der Waals surface area (Å²) in [5, 5.41) is 21.1. The van der Waals surface area contributed by atoms with Gasteiger partial charge in [0.25, 0.3) is 5.91 Å². The van der Waals surface area contributed by atoms with Crippen LogP contribution < -0.4 is 5.32 Å². The molecule has 3 amide bonds. The maximum atomic E-state index is 12.0. The highest BCUT2D eigenvalue weighted by Gasteiger charge is 2.37. The first-order chi connectivity index (χ1) is 11.6. The second-order valence-electron chi connectivity index (χ2n) is 8.06. The molecule has 2 unspecified atom stereocenters. The van der Waals surface area contributed by atoms with Crippen molar-refractivity contribution in [1.82, 2.24) is 10.2 Å². The number of urea groups is 1. The number of aliphatic carboxylic acids is 1. The Labute approximate surface area is 149 Å². The highest BCUT2D eigenvalue weighted by molar-refractivity contribution is 6.04. The smallest absolute Gasteiger partial charge is 0.324 e. The van der Waals surface area contributed by atoms with E-state index >= 15 is 0 Å². The lowest BCUT2D eigenvalue weighted by Crippen LogP contribution is -2.37. The van der Waals surface area contributed by atoms with Gasteiger partial charge in [0.2, 0.25) is 0 Å². The zero-order valence-corrected chi connectivity index (χ0v) is 15.6. The number of nitrogens with zero attached hydrogens (tertiary/aromatic N) is 1. The van der Waals surface area contributed by atoms with Crippen LogP contribution in [-0.2, 0) is 9.59 Å². The highest BCUT2D eigenvalue weighted by atomic mass is 16.4. The van der Waals surface area contributed by atoms with Gasteiger partial charge in [-0.15, -0.1) is 0 Å². The fourth-order valence-corrected chi connectivity index (χ4v) is 3.15. The number of nitrogens with one attached hydrogen (secondary N) is 1. The number of aliphatic hydroxyl groups excluding tert-OH is 1. The van der Waals surface area contributed by atoms with E-state index in [1.807, 2.05) is 0 Å². The minimum atomic E-state index is -0.791. The molecule has 0 bridgehead atoms. The number of aliphatic hydroxyl groups is 1. The van der Waals surface area contributed by atoms with Crippen LogP contribution in [0.2, 0.25) is 0 Å². The van der Waals surface area contributed by atoms with Crippen LogP contribution in [0.3, 0.4) is 0 Å². The third kappa shape index (κ3) is 8.34. The van der Waals surface area contributed by atoms with Gasteiger partial charge < -0.3 is 15.1 Å². The van der Waals surface area contributed by atoms with Crippen LogP contribution in [0.4, 0.5) is 4.79 Å². The third-order valence-electron chi connectivity index (χ3n) is 4.34. The Morgan fingerprint density at radius 2 is 1.84 bits per heavy atom. The van der Waals surface area contributed by atoms with Gasteiger partial charge in [-0.05, 0) is 31.1 Å². The quantitative estimate of drug-likeness (QED) is 0.389. The van der Waals surface area contributed by atoms with Crippen molar-refractivity contribution in [3.05, 3.63) is 0 Å². The number of rotatable bonds is 11. The molecule has 0 aromatic heterocycles. The van der Waals surface area contributed by atoms with E-state index < -0.39 is 18.1 Å². The molecular weight excluding hydrogens is 324 g/mol. The summed E-state index contributed by atoms with van der Waals surface area (Å²) < 4.78 is 0. The molecule has 1 aliphatic rings. The summed E-state index contributed by atoms with van der Waals surface area (Å²) in [6, 6.07) is -0.863. The lowest BCUT2D eigenvalue weighted by Gasteiger charge is -2.26. The minimum Gasteiger partial charge on any atom is -0.481 e. The van der Waals surface area contributed by atoms with Gasteiger partial charge in [-0.25, -0.2) is 4.79 Å². The molecule has 0 saturated carbocycles. The molecule has 0 spiro atoms. The zero-order chi connectivity index (χ0) is 19.0. The van der Waals surface area contributed by atoms with Gasteiger partial charge in [0, 0.05) is 13.0 Å². The van der Waals surface area contributed by atoms with Gasteiger partial charge in [-0.3, -0.25) is 14.9 Å². The summed E-state index contributed by atoms with van der Waals surface area (Å²) in [7, 11) is 0. The Hall–Kier alpha value is -1.63. The highest BCUT2D eigenvalue weighted by Crippen LogP contribution is 2.23. The van der Waals surface area contributed by atoms with Crippen LogP contribution in [0, 0.1) is 5.41 Å². The first-order valence-corrected chi connectivity index (χ1v) is 9.11. The Morgan fingerprint density at radius 3 is 2.44 bits per heavy atom. The van der Waals surface area contributed by atoms with Gasteiger partial charge in [-0.2, -0.15) is 0 Å². The largest absolute Gasteiger partial charge is 0.481 e. The summed E-state index contributed by atoms with van der Waals surface area (Å²) in [6.07, 6.45) is 4.38. The molecule has 1 fully saturated rings. The lowest BCUT2D eigenvalue weighted by atomic mass is 9.88. The summed E-state index contributed by atoms with van der Waals surface area (Å²) in [5.41, 5.74) is 0.0118. The predicted octanol–water partition coefficient (Wildman–Crippen LogP) is 2.52. The molecule has 0 radical (unpaired) electrons. The van der Waals surface area contributed by atoms with Gasteiger partial charge >= 0.3 is 12.0 Å². The van der Waals surface area contributed by atoms with Crippen molar-refractivity contribution in [2.45, 2.75) is 84.3 Å². The van der Waals surface area contributed by atoms with E-state index in [1.165, 1.54) is 4.90 Å². The molecule has 1 rings (SSSR count). The average molecular weight is 356 g/mol. The predicted molar refractivity (Wildman–Crippen MR) is 94.1 cm³/mol. The van der Waals surface area contributed by atoms with Crippen molar-refractivity contribution in [3.63, 3.8) is 0 Å². The van der Waals surface area contributed by atoms with Crippen LogP contribution >= 0.6 is 0 Å². The molecule has 0 aromatic carbocycles. The molecule has 1 aliphatic heterocycles. The van der Waals surface area contributed by atoms with Crippen LogP contribution in [-0.4, -0.2) is 51.7 Å². The fraction of sp³-hybridized carbons (Fsp3) is 0.833. The number of carboxylic acids is 1. The van der Waals surface area contributed by atoms with Crippen molar-refractivity contribution in [1.29, 1.82) is 0 Å². The van der Waals surface area contributed by atoms with Crippen molar-refractivity contribution >= 4 is 17.9 Å². The SMILES string of the molecule is CC(C)(C)CC(O)CCN1C(=O)NC(=O)C1CCCCCCC(=O)O. The molecule has 25 heavy (non-hydrogen) atoms. The summed E-state index contributed by atoms with van der Waals surface area (Å²) in [4.78, 5) is 35.9. The normalized spacial score (nSPS) is 19.2. The maximum absolute atomic E-state index is 12.0. The van der Waals surface area contributed by atoms with Crippen LogP contribution in [0.1, 0.15) is 72.1 Å². The van der Waals surface area contributed by atoms with E-state index in [4.69, 9.17) is 5.11 Å². The average Bonchev–Trinajstić information content (AvgIpc) is 2.72. The first-order valence-electron chi connectivity index (χ1n) is 9.11. The first kappa shape index (κ1) is 21.4. The number of carboxylic acid groups (broad SMARTS) is 1. The third-order valence-corrected chi connectivity index (χ3v) is 4.34. The number of carbonyl (C=O) groups excluding carboxylic acids is 2. The number of imide groups is 1. The lowest BCUT2D eigenvalue weighted by molar-refractivity contribution is -0.137. The van der Waals surface area contributed by atoms with Crippen molar-refractivity contribution < 1.29 is 24.6 Å². The second-order valence-corrected chi connectivity index (χ2v) is 8.06. The number of hydrogen-bond donors (Lipinski definition) is 3. The molecular formula is C18H32N2O5. The van der Waals surface area contributed by atoms with E-state index in [-0.39, 0.29) is 23.8 Å². The number of unbranched alkanes of at least 4 members (excludes halogenated alkanes) is 3. The van der Waals surface area contributed by atoms with Gasteiger partial charge in [0.05, 0.1) is 6.10 Å². The van der Waals surface area contributed by atoms with Crippen LogP contribution in [0.25, 0.3) is 0 Å². The van der Waals surface area contributed by atoms with Crippen molar-refractivity contribution in [3.8, 4) is 0 Å². The molecule has 7 nitrogen and oxygen atoms in total. The van der Waals surface area contributed by atoms with E-state index in [9.17, 15) is 19.5 Å². The molecule has 0 aliphatic carbocycles. The monoisotopic (exact) mass is 356 g/mol. The molecule has 3 N–H and O–H groups in total. The van der Waals surface area contributed by atoms with Crippen molar-refractivity contribution in [2.24, 2.45) is 5.41 Å². The minimum absolute atomic E-state index is 0.0118. The van der Waals surface area contributed by atoms with E-state index in [0.717, 1.165) is 19.3 Å². The molecule has 1 saturated heterocycles. The number of carbonyl (C=O) groups is 3. The van der Waals surface area contributed by atoms with Crippen LogP contribution in [0.5, 0.6) is 0 Å². The molecule has 7 heteroatoms. The Balaban J connectivity index is 2.38. The summed E-state index contributed by atoms with van der Waals surface area (Å²) >= 11 is 0. The molecule has 2 atom stereocenters. The van der Waals surface area contributed by atoms with Gasteiger partial charge in [0.1, 0.15) is 6.04 Å². The van der Waals surface area contributed by atoms with Crippen molar-refractivity contribution in [2.75, 3.05) is 6.54 Å². The fourth-order valence-electron chi connectivity index (χ4n) is 3.15. The second kappa shape index (κ2) is 9.75. The molecule has 144 valence electrons. The Morgan fingerprint density at radius 1 is 1.20 bits per heavy atom. The molecule has 1 heterocycles. The number of hydrogen-bond acceptors (Lipinski definition) is 4. The standard InChI is InChI=1S/C18H32N2O5/c1-18(2,3)12-13(21)10-11-20-14(16(24)19-17(20)25)8-6-4-5-7-9-15(22)23/h13-14,21H,4-12H2,1-3H3,(H,22,23)(H,19,24,25). The van der Waals surface area contributed by atoms with Crippen LogP contribution in [0.15, 0.2) is 0 Å². The maximum Gasteiger partial charge on any atom is 0.324 e. The Bertz CT molecular complexity index is 473. The molecule has 0 aromatic rings. The zero-order valence-electron chi connectivity index (χ0n) is 15.6. The summed E-state index contributed by atoms with van der Waals surface area (Å²) in [5.74, 6) is -1.07.